The minimum absolute atomic E-state index is 0.0184. The zero-order valence-electron chi connectivity index (χ0n) is 17.7. The lowest BCUT2D eigenvalue weighted by atomic mass is 10.2. The Balaban J connectivity index is 1.43. The first-order valence-electron chi connectivity index (χ1n) is 10.5. The highest BCUT2D eigenvalue weighted by Gasteiger charge is 2.41. The van der Waals surface area contributed by atoms with Crippen molar-refractivity contribution in [2.75, 3.05) is 6.61 Å². The van der Waals surface area contributed by atoms with Crippen LogP contribution >= 0.6 is 11.8 Å². The van der Waals surface area contributed by atoms with Gasteiger partial charge in [0.2, 0.25) is 0 Å². The van der Waals surface area contributed by atoms with E-state index in [2.05, 4.69) is 0 Å². The normalized spacial score (nSPS) is 19.5. The molecule has 1 saturated heterocycles. The molecular formula is C26H22O6S. The Labute approximate surface area is 195 Å². The van der Waals surface area contributed by atoms with Crippen molar-refractivity contribution in [3.63, 3.8) is 0 Å². The third-order valence-corrected chi connectivity index (χ3v) is 6.45. The average Bonchev–Trinajstić information content (AvgIpc) is 3.24. The fourth-order valence-corrected chi connectivity index (χ4v) is 4.71. The molecule has 1 heterocycles. The monoisotopic (exact) mass is 462 g/mol. The molecule has 0 amide bonds. The molecule has 7 heteroatoms. The first kappa shape index (κ1) is 22.6. The van der Waals surface area contributed by atoms with Gasteiger partial charge in [-0.1, -0.05) is 54.6 Å². The lowest BCUT2D eigenvalue weighted by Crippen LogP contribution is -2.29. The van der Waals surface area contributed by atoms with E-state index < -0.39 is 29.4 Å². The molecule has 1 aliphatic rings. The Hall–Kier alpha value is -3.58. The van der Waals surface area contributed by atoms with Gasteiger partial charge in [0.25, 0.3) is 0 Å². The van der Waals surface area contributed by atoms with E-state index in [1.807, 2.05) is 18.2 Å². The molecule has 3 aromatic rings. The highest BCUT2D eigenvalue weighted by Crippen LogP contribution is 2.38. The standard InChI is InChI=1S/C26H22O6S/c27-24(18-10-4-1-5-11-18)30-17-22-21(31-25(28)19-12-6-2-7-13-19)16-23(33-22)32-26(29)20-14-8-3-9-15-20/h1-15,21-23H,16-17H2/t21-,22+,23?/m1/s1. The minimum Gasteiger partial charge on any atom is -0.461 e. The van der Waals surface area contributed by atoms with Crippen LogP contribution in [0.5, 0.6) is 0 Å². The van der Waals surface area contributed by atoms with E-state index in [0.29, 0.717) is 23.1 Å². The van der Waals surface area contributed by atoms with Crippen LogP contribution in [0.15, 0.2) is 91.0 Å². The fraction of sp³-hybridized carbons (Fsp3) is 0.192. The molecule has 1 aliphatic heterocycles. The van der Waals surface area contributed by atoms with Gasteiger partial charge in [-0.2, -0.15) is 0 Å². The van der Waals surface area contributed by atoms with E-state index in [4.69, 9.17) is 14.2 Å². The summed E-state index contributed by atoms with van der Waals surface area (Å²) in [6, 6.07) is 26.0. The van der Waals surface area contributed by atoms with Crippen LogP contribution in [0, 0.1) is 0 Å². The predicted molar refractivity (Wildman–Crippen MR) is 124 cm³/mol. The Morgan fingerprint density at radius 3 is 1.64 bits per heavy atom. The van der Waals surface area contributed by atoms with Crippen molar-refractivity contribution in [3.8, 4) is 0 Å². The first-order valence-corrected chi connectivity index (χ1v) is 11.4. The number of carbonyl (C=O) groups excluding carboxylic acids is 3. The summed E-state index contributed by atoms with van der Waals surface area (Å²) in [5.74, 6) is -1.40. The molecule has 168 valence electrons. The average molecular weight is 463 g/mol. The molecule has 1 fully saturated rings. The number of thioether (sulfide) groups is 1. The van der Waals surface area contributed by atoms with Crippen LogP contribution < -0.4 is 0 Å². The zero-order chi connectivity index (χ0) is 23.0. The minimum atomic E-state index is -0.583. The summed E-state index contributed by atoms with van der Waals surface area (Å²) in [5.41, 5.74) is 0.763. The summed E-state index contributed by atoms with van der Waals surface area (Å²) in [4.78, 5) is 37.5. The number of carbonyl (C=O) groups is 3. The smallest absolute Gasteiger partial charge is 0.339 e. The lowest BCUT2D eigenvalue weighted by Gasteiger charge is -2.18. The highest BCUT2D eigenvalue weighted by molar-refractivity contribution is 8.00. The van der Waals surface area contributed by atoms with E-state index in [9.17, 15) is 14.4 Å². The van der Waals surface area contributed by atoms with E-state index in [1.165, 1.54) is 11.8 Å². The Kier molecular flexibility index (Phi) is 7.42. The summed E-state index contributed by atoms with van der Waals surface area (Å²) in [6.07, 6.45) is -0.283. The van der Waals surface area contributed by atoms with Gasteiger partial charge in [-0.15, -0.1) is 11.8 Å². The van der Waals surface area contributed by atoms with Crippen LogP contribution in [0.25, 0.3) is 0 Å². The number of ether oxygens (including phenoxy) is 3. The molecule has 0 N–H and O–H groups in total. The summed E-state index contributed by atoms with van der Waals surface area (Å²) in [5, 5.41) is -0.376. The summed E-state index contributed by atoms with van der Waals surface area (Å²) in [6.45, 7) is 0.0184. The maximum absolute atomic E-state index is 12.6. The van der Waals surface area contributed by atoms with Gasteiger partial charge in [-0.25, -0.2) is 14.4 Å². The number of hydrogen-bond acceptors (Lipinski definition) is 7. The second kappa shape index (κ2) is 10.8. The van der Waals surface area contributed by atoms with Gasteiger partial charge >= 0.3 is 17.9 Å². The topological polar surface area (TPSA) is 78.9 Å². The molecule has 0 aliphatic carbocycles. The molecule has 1 unspecified atom stereocenters. The lowest BCUT2D eigenvalue weighted by molar-refractivity contribution is 0.0136. The molecule has 0 bridgehead atoms. The van der Waals surface area contributed by atoms with E-state index in [1.54, 1.807) is 72.8 Å². The predicted octanol–water partition coefficient (Wildman–Crippen LogP) is 4.76. The van der Waals surface area contributed by atoms with Crippen molar-refractivity contribution in [1.82, 2.24) is 0 Å². The second-order valence-corrected chi connectivity index (χ2v) is 8.79. The number of esters is 3. The van der Waals surface area contributed by atoms with Crippen molar-refractivity contribution in [3.05, 3.63) is 108 Å². The summed E-state index contributed by atoms with van der Waals surface area (Å²) >= 11 is 1.32. The van der Waals surface area contributed by atoms with E-state index in [0.717, 1.165) is 0 Å². The summed E-state index contributed by atoms with van der Waals surface area (Å²) in [7, 11) is 0. The SMILES string of the molecule is O=C(OC[C@@H]1SC(OC(=O)c2ccccc2)C[C@H]1OC(=O)c1ccccc1)c1ccccc1. The molecule has 0 saturated carbocycles. The van der Waals surface area contributed by atoms with Gasteiger partial charge in [0.15, 0.2) is 5.44 Å². The van der Waals surface area contributed by atoms with Crippen LogP contribution in [-0.4, -0.2) is 41.3 Å². The molecular weight excluding hydrogens is 440 g/mol. The molecule has 4 rings (SSSR count). The molecule has 0 spiro atoms. The van der Waals surface area contributed by atoms with Crippen LogP contribution in [0.1, 0.15) is 37.5 Å². The number of rotatable bonds is 7. The zero-order valence-corrected chi connectivity index (χ0v) is 18.5. The van der Waals surface area contributed by atoms with E-state index >= 15 is 0 Å². The maximum Gasteiger partial charge on any atom is 0.339 e. The van der Waals surface area contributed by atoms with Gasteiger partial charge in [0.1, 0.15) is 12.7 Å². The molecule has 0 aromatic heterocycles. The third kappa shape index (κ3) is 6.02. The van der Waals surface area contributed by atoms with Crippen molar-refractivity contribution in [1.29, 1.82) is 0 Å². The van der Waals surface area contributed by atoms with Crippen molar-refractivity contribution in [2.45, 2.75) is 23.2 Å². The largest absolute Gasteiger partial charge is 0.461 e. The van der Waals surface area contributed by atoms with Crippen LogP contribution in [-0.2, 0) is 14.2 Å². The second-order valence-electron chi connectivity index (χ2n) is 7.39. The number of benzene rings is 3. The van der Waals surface area contributed by atoms with Gasteiger partial charge in [-0.3, -0.25) is 0 Å². The first-order chi connectivity index (χ1) is 16.1. The Morgan fingerprint density at radius 2 is 1.12 bits per heavy atom. The molecule has 6 nitrogen and oxygen atoms in total. The Bertz CT molecular complexity index is 1090. The highest BCUT2D eigenvalue weighted by atomic mass is 32.2. The molecule has 3 atom stereocenters. The van der Waals surface area contributed by atoms with Gasteiger partial charge < -0.3 is 14.2 Å². The van der Waals surface area contributed by atoms with Gasteiger partial charge in [-0.05, 0) is 36.4 Å². The molecule has 0 radical (unpaired) electrons. The quantitative estimate of drug-likeness (QED) is 0.370. The van der Waals surface area contributed by atoms with Crippen molar-refractivity contribution >= 4 is 29.7 Å². The van der Waals surface area contributed by atoms with Crippen molar-refractivity contribution < 1.29 is 28.6 Å². The van der Waals surface area contributed by atoms with Crippen LogP contribution in [0.2, 0.25) is 0 Å². The molecule has 33 heavy (non-hydrogen) atoms. The van der Waals surface area contributed by atoms with Crippen LogP contribution in [0.3, 0.4) is 0 Å². The Morgan fingerprint density at radius 1 is 0.667 bits per heavy atom. The maximum atomic E-state index is 12.6. The fourth-order valence-electron chi connectivity index (χ4n) is 3.38. The number of hydrogen-bond donors (Lipinski definition) is 0. The van der Waals surface area contributed by atoms with Gasteiger partial charge in [0, 0.05) is 6.42 Å². The van der Waals surface area contributed by atoms with E-state index in [-0.39, 0.29) is 11.9 Å². The summed E-state index contributed by atoms with van der Waals surface area (Å²) < 4.78 is 16.8. The van der Waals surface area contributed by atoms with Gasteiger partial charge in [0.05, 0.1) is 21.9 Å². The van der Waals surface area contributed by atoms with Crippen LogP contribution in [0.4, 0.5) is 0 Å². The third-order valence-electron chi connectivity index (χ3n) is 5.07. The van der Waals surface area contributed by atoms with Crippen molar-refractivity contribution in [2.24, 2.45) is 0 Å². The molecule has 3 aromatic carbocycles.